The van der Waals surface area contributed by atoms with E-state index in [4.69, 9.17) is 12.6 Å². The molecule has 0 radical (unpaired) electrons. The van der Waals surface area contributed by atoms with Crippen molar-refractivity contribution in [1.82, 2.24) is 0 Å². The largest absolute Gasteiger partial charge is 0.388 e. The Morgan fingerprint density at radius 1 is 0.481 bits per heavy atom. The molecule has 0 aromatic rings. The van der Waals surface area contributed by atoms with Gasteiger partial charge >= 0.3 is 0 Å². The molecule has 0 amide bonds. The molecule has 2 atom stereocenters. The van der Waals surface area contributed by atoms with Crippen LogP contribution in [0.4, 0.5) is 0 Å². The molecule has 1 N–H and O–H groups in total. The van der Waals surface area contributed by atoms with Crippen LogP contribution in [-0.2, 0) is 0 Å². The summed E-state index contributed by atoms with van der Waals surface area (Å²) in [7, 11) is 0. The second-order valence-electron chi connectivity index (χ2n) is 10.4. The lowest BCUT2D eigenvalue weighted by Gasteiger charge is -2.54. The minimum Gasteiger partial charge on any atom is -0.388 e. The molecule has 2 fully saturated rings. The van der Waals surface area contributed by atoms with E-state index in [1.165, 1.54) is 116 Å². The number of rotatable bonds is 1. The fourth-order valence-corrected chi connectivity index (χ4v) is 6.51. The first kappa shape index (κ1) is 23.6. The molecule has 27 heavy (non-hydrogen) atoms. The van der Waals surface area contributed by atoms with Gasteiger partial charge in [-0.2, -0.15) is 12.6 Å². The fraction of sp³-hybridized carbons (Fsp3) is 1.00. The second-order valence-corrected chi connectivity index (χ2v) is 11.3. The quantitative estimate of drug-likeness (QED) is 0.427. The lowest BCUT2D eigenvalue weighted by atomic mass is 9.59. The first-order valence-corrected chi connectivity index (χ1v) is 12.8. The van der Waals surface area contributed by atoms with Crippen LogP contribution in [0.25, 0.3) is 0 Å². The van der Waals surface area contributed by atoms with E-state index in [0.717, 1.165) is 12.8 Å². The van der Waals surface area contributed by atoms with Gasteiger partial charge in [-0.05, 0) is 38.0 Å². The summed E-state index contributed by atoms with van der Waals surface area (Å²) in [5.74, 6) is 0. The van der Waals surface area contributed by atoms with Crippen LogP contribution in [0.15, 0.2) is 0 Å². The first-order chi connectivity index (χ1) is 12.9. The number of thiol groups is 1. The average Bonchev–Trinajstić information content (AvgIpc) is 2.74. The van der Waals surface area contributed by atoms with Gasteiger partial charge in [-0.1, -0.05) is 110 Å². The molecule has 2 unspecified atom stereocenters. The third-order valence-electron chi connectivity index (χ3n) is 8.05. The van der Waals surface area contributed by atoms with E-state index in [-0.39, 0.29) is 10.2 Å². The Hall–Kier alpha value is 0.310. The van der Waals surface area contributed by atoms with Crippen molar-refractivity contribution in [2.45, 2.75) is 153 Å². The van der Waals surface area contributed by atoms with Gasteiger partial charge in [-0.25, -0.2) is 0 Å². The van der Waals surface area contributed by atoms with Crippen LogP contribution >= 0.6 is 12.6 Å². The minimum atomic E-state index is -0.641. The molecule has 0 saturated heterocycles. The Kier molecular flexibility index (Phi) is 10.0. The van der Waals surface area contributed by atoms with Gasteiger partial charge in [-0.3, -0.25) is 0 Å². The SMILES string of the molecule is CC1(S)CCCCCCCCCCCCC1(O)C1(C)CCCCCCCC1. The number of hydrogen-bond donors (Lipinski definition) is 2. The second kappa shape index (κ2) is 11.5. The maximum atomic E-state index is 12.3. The van der Waals surface area contributed by atoms with Crippen LogP contribution < -0.4 is 0 Å². The van der Waals surface area contributed by atoms with Crippen molar-refractivity contribution < 1.29 is 5.11 Å². The third kappa shape index (κ3) is 6.66. The normalized spacial score (nSPS) is 36.0. The fourth-order valence-electron chi connectivity index (χ4n) is 5.97. The number of hydrogen-bond acceptors (Lipinski definition) is 2. The van der Waals surface area contributed by atoms with E-state index in [1.807, 2.05) is 0 Å². The molecule has 2 aliphatic carbocycles. The van der Waals surface area contributed by atoms with E-state index >= 15 is 0 Å². The maximum Gasteiger partial charge on any atom is 0.0841 e. The number of aliphatic hydroxyl groups is 1. The smallest absolute Gasteiger partial charge is 0.0841 e. The molecule has 1 nitrogen and oxygen atoms in total. The summed E-state index contributed by atoms with van der Waals surface area (Å²) in [5.41, 5.74) is -0.623. The molecule has 0 aromatic carbocycles. The Balaban J connectivity index is 2.19. The Morgan fingerprint density at radius 2 is 0.778 bits per heavy atom. The summed E-state index contributed by atoms with van der Waals surface area (Å²) >= 11 is 5.21. The predicted octanol–water partition coefficient (Wildman–Crippen LogP) is 8.24. The van der Waals surface area contributed by atoms with E-state index in [9.17, 15) is 5.11 Å². The summed E-state index contributed by atoms with van der Waals surface area (Å²) in [5, 5.41) is 12.3. The van der Waals surface area contributed by atoms with Gasteiger partial charge in [0.25, 0.3) is 0 Å². The van der Waals surface area contributed by atoms with Gasteiger partial charge in [0.2, 0.25) is 0 Å². The summed E-state index contributed by atoms with van der Waals surface area (Å²) in [6, 6.07) is 0. The molecule has 2 rings (SSSR count). The summed E-state index contributed by atoms with van der Waals surface area (Å²) in [6.07, 6.45) is 25.7. The molecule has 0 spiro atoms. The highest BCUT2D eigenvalue weighted by Gasteiger charge is 2.54. The summed E-state index contributed by atoms with van der Waals surface area (Å²) in [6.45, 7) is 4.68. The lowest BCUT2D eigenvalue weighted by Crippen LogP contribution is -2.59. The monoisotopic (exact) mass is 396 g/mol. The lowest BCUT2D eigenvalue weighted by molar-refractivity contribution is -0.120. The van der Waals surface area contributed by atoms with E-state index < -0.39 is 5.60 Å². The molecule has 0 bridgehead atoms. The highest BCUT2D eigenvalue weighted by molar-refractivity contribution is 7.81. The molecule has 2 aliphatic rings. The van der Waals surface area contributed by atoms with Crippen molar-refractivity contribution in [2.24, 2.45) is 5.41 Å². The summed E-state index contributed by atoms with van der Waals surface area (Å²) < 4.78 is -0.278. The maximum absolute atomic E-state index is 12.3. The van der Waals surface area contributed by atoms with Gasteiger partial charge < -0.3 is 5.11 Å². The van der Waals surface area contributed by atoms with Crippen molar-refractivity contribution in [3.05, 3.63) is 0 Å². The van der Waals surface area contributed by atoms with Gasteiger partial charge in [0.05, 0.1) is 5.60 Å². The Labute approximate surface area is 175 Å². The minimum absolute atomic E-state index is 0.0188. The highest BCUT2D eigenvalue weighted by atomic mass is 32.1. The zero-order valence-electron chi connectivity index (χ0n) is 18.5. The molecule has 0 heterocycles. The van der Waals surface area contributed by atoms with E-state index in [1.54, 1.807) is 0 Å². The predicted molar refractivity (Wildman–Crippen MR) is 123 cm³/mol. The average molecular weight is 397 g/mol. The molecule has 2 saturated carbocycles. The van der Waals surface area contributed by atoms with Gasteiger partial charge in [0.15, 0.2) is 0 Å². The van der Waals surface area contributed by atoms with Crippen LogP contribution in [0.2, 0.25) is 0 Å². The van der Waals surface area contributed by atoms with Crippen LogP contribution in [0, 0.1) is 5.41 Å². The standard InChI is InChI=1S/C25H48OS/c1-23(19-15-11-9-10-12-16-20-23)25(26)22-18-14-8-6-4-3-5-7-13-17-21-24(25,2)27/h26-27H,3-22H2,1-2H3. The molecule has 160 valence electrons. The van der Waals surface area contributed by atoms with Crippen molar-refractivity contribution in [2.75, 3.05) is 0 Å². The first-order valence-electron chi connectivity index (χ1n) is 12.4. The van der Waals surface area contributed by atoms with Gasteiger partial charge in [-0.15, -0.1) is 0 Å². The van der Waals surface area contributed by atoms with E-state index in [0.29, 0.717) is 0 Å². The van der Waals surface area contributed by atoms with Crippen molar-refractivity contribution >= 4 is 12.6 Å². The van der Waals surface area contributed by atoms with Crippen LogP contribution in [-0.4, -0.2) is 15.5 Å². The van der Waals surface area contributed by atoms with Crippen LogP contribution in [0.1, 0.15) is 142 Å². The van der Waals surface area contributed by atoms with Gasteiger partial charge in [0.1, 0.15) is 0 Å². The van der Waals surface area contributed by atoms with Gasteiger partial charge in [0, 0.05) is 4.75 Å². The van der Waals surface area contributed by atoms with E-state index in [2.05, 4.69) is 13.8 Å². The summed E-state index contributed by atoms with van der Waals surface area (Å²) in [4.78, 5) is 0. The van der Waals surface area contributed by atoms with Crippen LogP contribution in [0.3, 0.4) is 0 Å². The van der Waals surface area contributed by atoms with Crippen molar-refractivity contribution in [3.63, 3.8) is 0 Å². The zero-order chi connectivity index (χ0) is 19.6. The van der Waals surface area contributed by atoms with Crippen molar-refractivity contribution in [3.8, 4) is 0 Å². The van der Waals surface area contributed by atoms with Crippen molar-refractivity contribution in [1.29, 1.82) is 0 Å². The zero-order valence-corrected chi connectivity index (χ0v) is 19.4. The third-order valence-corrected chi connectivity index (χ3v) is 8.64. The Morgan fingerprint density at radius 3 is 1.19 bits per heavy atom. The molecular formula is C25H48OS. The molecule has 0 aromatic heterocycles. The highest BCUT2D eigenvalue weighted by Crippen LogP contribution is 2.53. The Bertz CT molecular complexity index is 395. The topological polar surface area (TPSA) is 20.2 Å². The molecule has 2 heteroatoms. The molecular weight excluding hydrogens is 348 g/mol. The van der Waals surface area contributed by atoms with Crippen LogP contribution in [0.5, 0.6) is 0 Å². The molecule has 0 aliphatic heterocycles.